The van der Waals surface area contributed by atoms with E-state index >= 15 is 0 Å². The quantitative estimate of drug-likeness (QED) is 0.363. The van der Waals surface area contributed by atoms with E-state index in [2.05, 4.69) is 15.4 Å². The van der Waals surface area contributed by atoms with Gasteiger partial charge in [-0.1, -0.05) is 23.7 Å². The Morgan fingerprint density at radius 1 is 1.32 bits per heavy atom. The van der Waals surface area contributed by atoms with E-state index in [4.69, 9.17) is 27.2 Å². The van der Waals surface area contributed by atoms with E-state index in [-0.39, 0.29) is 22.9 Å². The SMILES string of the molecule is Cc1cccc(C(=O)NCC2CO2)c1N.O=C(O)c1cc(C(F)(F)F)nn1-c1ncccc1Cl. The molecule has 4 rings (SSSR count). The van der Waals surface area contributed by atoms with Gasteiger partial charge < -0.3 is 20.9 Å². The second kappa shape index (κ2) is 10.1. The fourth-order valence-corrected chi connectivity index (χ4v) is 2.93. The Bertz CT molecular complexity index is 1210. The number of anilines is 1. The van der Waals surface area contributed by atoms with E-state index in [9.17, 15) is 22.8 Å². The van der Waals surface area contributed by atoms with Gasteiger partial charge in [-0.15, -0.1) is 0 Å². The third kappa shape index (κ3) is 6.02. The zero-order valence-electron chi connectivity index (χ0n) is 17.6. The van der Waals surface area contributed by atoms with Crippen LogP contribution in [-0.4, -0.2) is 51.0 Å². The molecule has 34 heavy (non-hydrogen) atoms. The van der Waals surface area contributed by atoms with Crippen molar-refractivity contribution in [2.24, 2.45) is 0 Å². The van der Waals surface area contributed by atoms with E-state index in [0.717, 1.165) is 12.2 Å². The van der Waals surface area contributed by atoms with Crippen molar-refractivity contribution in [3.8, 4) is 5.82 Å². The number of nitrogen functional groups attached to an aromatic ring is 1. The molecule has 9 nitrogen and oxygen atoms in total. The molecule has 0 aliphatic carbocycles. The number of epoxide rings is 1. The van der Waals surface area contributed by atoms with Crippen LogP contribution in [0.15, 0.2) is 42.6 Å². The summed E-state index contributed by atoms with van der Waals surface area (Å²) < 4.78 is 43.2. The average molecular weight is 498 g/mol. The van der Waals surface area contributed by atoms with Crippen molar-refractivity contribution in [3.05, 3.63) is 70.1 Å². The Kier molecular flexibility index (Phi) is 7.42. The number of alkyl halides is 3. The molecule has 2 aromatic heterocycles. The summed E-state index contributed by atoms with van der Waals surface area (Å²) in [7, 11) is 0. The molecule has 180 valence electrons. The number of nitrogens with one attached hydrogen (secondary N) is 1. The molecule has 1 fully saturated rings. The van der Waals surface area contributed by atoms with Gasteiger partial charge in [0.15, 0.2) is 17.2 Å². The fourth-order valence-electron chi connectivity index (χ4n) is 2.73. The van der Waals surface area contributed by atoms with Gasteiger partial charge in [-0.3, -0.25) is 4.79 Å². The number of halogens is 4. The first-order valence-electron chi connectivity index (χ1n) is 9.75. The molecule has 3 aromatic rings. The molecule has 1 aliphatic heterocycles. The zero-order chi connectivity index (χ0) is 25.0. The second-order valence-electron chi connectivity index (χ2n) is 7.14. The van der Waals surface area contributed by atoms with Gasteiger partial charge in [-0.25, -0.2) is 14.5 Å². The number of aromatic carboxylic acids is 1. The zero-order valence-corrected chi connectivity index (χ0v) is 18.4. The molecule has 13 heteroatoms. The fraction of sp³-hybridized carbons (Fsp3) is 0.238. The number of hydrogen-bond donors (Lipinski definition) is 3. The first-order chi connectivity index (χ1) is 16.0. The number of nitrogens with zero attached hydrogens (tertiary/aromatic N) is 3. The maximum atomic E-state index is 12.5. The van der Waals surface area contributed by atoms with Crippen LogP contribution in [0.25, 0.3) is 5.82 Å². The Morgan fingerprint density at radius 2 is 2.03 bits per heavy atom. The molecule has 1 saturated heterocycles. The molecule has 0 radical (unpaired) electrons. The average Bonchev–Trinajstić information content (AvgIpc) is 3.49. The van der Waals surface area contributed by atoms with Gasteiger partial charge in [0, 0.05) is 24.5 Å². The number of aromatic nitrogens is 3. The number of hydrogen-bond acceptors (Lipinski definition) is 6. The van der Waals surface area contributed by atoms with E-state index < -0.39 is 23.5 Å². The maximum Gasteiger partial charge on any atom is 0.435 e. The summed E-state index contributed by atoms with van der Waals surface area (Å²) in [6.45, 7) is 3.19. The minimum atomic E-state index is -4.75. The van der Waals surface area contributed by atoms with E-state index in [0.29, 0.717) is 28.5 Å². The summed E-state index contributed by atoms with van der Waals surface area (Å²) in [4.78, 5) is 26.4. The normalized spacial score (nSPS) is 14.7. The highest BCUT2D eigenvalue weighted by Crippen LogP contribution is 2.30. The number of carbonyl (C=O) groups is 2. The van der Waals surface area contributed by atoms with Crippen molar-refractivity contribution < 1.29 is 32.6 Å². The van der Waals surface area contributed by atoms with Crippen LogP contribution in [0.2, 0.25) is 5.02 Å². The third-order valence-electron chi connectivity index (χ3n) is 4.62. The number of benzene rings is 1. The van der Waals surface area contributed by atoms with E-state index in [1.165, 1.54) is 18.3 Å². The van der Waals surface area contributed by atoms with Crippen molar-refractivity contribution in [3.63, 3.8) is 0 Å². The number of carboxylic acid groups (broad SMARTS) is 1. The third-order valence-corrected chi connectivity index (χ3v) is 4.92. The first-order valence-corrected chi connectivity index (χ1v) is 10.1. The van der Waals surface area contributed by atoms with Gasteiger partial charge >= 0.3 is 12.1 Å². The lowest BCUT2D eigenvalue weighted by molar-refractivity contribution is -0.141. The van der Waals surface area contributed by atoms with Crippen molar-refractivity contribution >= 4 is 29.2 Å². The Hall–Kier alpha value is -3.64. The molecule has 1 amide bonds. The smallest absolute Gasteiger partial charge is 0.435 e. The molecular formula is C21H19ClF3N5O4. The topological polar surface area (TPSA) is 136 Å². The Morgan fingerprint density at radius 3 is 2.62 bits per heavy atom. The molecule has 0 spiro atoms. The lowest BCUT2D eigenvalue weighted by atomic mass is 10.1. The molecule has 4 N–H and O–H groups in total. The lowest BCUT2D eigenvalue weighted by Crippen LogP contribution is -2.28. The van der Waals surface area contributed by atoms with Crippen LogP contribution < -0.4 is 11.1 Å². The highest BCUT2D eigenvalue weighted by Gasteiger charge is 2.36. The van der Waals surface area contributed by atoms with Crippen molar-refractivity contribution in [2.75, 3.05) is 18.9 Å². The summed E-state index contributed by atoms with van der Waals surface area (Å²) in [5.74, 6) is -1.88. The van der Waals surface area contributed by atoms with Crippen LogP contribution in [0.1, 0.15) is 32.1 Å². The second-order valence-corrected chi connectivity index (χ2v) is 7.55. The van der Waals surface area contributed by atoms with Gasteiger partial charge in [0.2, 0.25) is 0 Å². The number of nitrogens with two attached hydrogens (primary N) is 1. The van der Waals surface area contributed by atoms with Crippen LogP contribution >= 0.6 is 11.6 Å². The summed E-state index contributed by atoms with van der Waals surface area (Å²) in [5.41, 5.74) is 5.82. The Labute approximate surface area is 196 Å². The van der Waals surface area contributed by atoms with Gasteiger partial charge in [-0.2, -0.15) is 18.3 Å². The number of rotatable bonds is 5. The van der Waals surface area contributed by atoms with Gasteiger partial charge in [-0.05, 0) is 30.7 Å². The van der Waals surface area contributed by atoms with Gasteiger partial charge in [0.1, 0.15) is 0 Å². The number of pyridine rings is 1. The summed E-state index contributed by atoms with van der Waals surface area (Å²) >= 11 is 5.76. The number of para-hydroxylation sites is 1. The van der Waals surface area contributed by atoms with Crippen LogP contribution in [0.3, 0.4) is 0 Å². The van der Waals surface area contributed by atoms with Crippen LogP contribution in [-0.2, 0) is 10.9 Å². The van der Waals surface area contributed by atoms with Crippen molar-refractivity contribution in [1.82, 2.24) is 20.1 Å². The van der Waals surface area contributed by atoms with Gasteiger partial charge in [0.25, 0.3) is 5.91 Å². The number of amides is 1. The molecule has 0 bridgehead atoms. The molecular weight excluding hydrogens is 479 g/mol. The summed E-state index contributed by atoms with van der Waals surface area (Å²) in [6, 6.07) is 8.69. The molecule has 1 unspecified atom stereocenters. The summed E-state index contributed by atoms with van der Waals surface area (Å²) in [6.07, 6.45) is -3.29. The van der Waals surface area contributed by atoms with E-state index in [1.54, 1.807) is 6.07 Å². The molecule has 1 aromatic carbocycles. The Balaban J connectivity index is 0.000000196. The predicted octanol–water partition coefficient (Wildman–Crippen LogP) is 3.34. The maximum absolute atomic E-state index is 12.5. The van der Waals surface area contributed by atoms with Crippen LogP contribution in [0, 0.1) is 6.92 Å². The molecule has 1 atom stereocenters. The number of carboxylic acids is 1. The molecule has 1 aliphatic rings. The highest BCUT2D eigenvalue weighted by molar-refractivity contribution is 6.32. The minimum absolute atomic E-state index is 0.0122. The molecule has 0 saturated carbocycles. The van der Waals surface area contributed by atoms with Crippen LogP contribution in [0.5, 0.6) is 0 Å². The number of aryl methyl sites for hydroxylation is 1. The molecule has 3 heterocycles. The minimum Gasteiger partial charge on any atom is -0.477 e. The number of carbonyl (C=O) groups excluding carboxylic acids is 1. The monoisotopic (exact) mass is 497 g/mol. The van der Waals surface area contributed by atoms with Crippen molar-refractivity contribution in [2.45, 2.75) is 19.2 Å². The van der Waals surface area contributed by atoms with Gasteiger partial charge in [0.05, 0.1) is 23.3 Å². The van der Waals surface area contributed by atoms with Crippen LogP contribution in [0.4, 0.5) is 18.9 Å². The lowest BCUT2D eigenvalue weighted by Gasteiger charge is -2.08. The van der Waals surface area contributed by atoms with Crippen molar-refractivity contribution in [1.29, 1.82) is 0 Å². The largest absolute Gasteiger partial charge is 0.477 e. The first kappa shape index (κ1) is 25.0. The highest BCUT2D eigenvalue weighted by atomic mass is 35.5. The standard InChI is InChI=1S/C11H14N2O2.C10H5ClF3N3O2/c1-7-3-2-4-9(10(7)12)11(14)13-5-8-6-15-8;11-5-2-1-3-15-8(5)17-6(9(18)19)4-7(16-17)10(12,13)14/h2-4,8H,5-6,12H2,1H3,(H,13,14);1-4H,(H,18,19). The summed E-state index contributed by atoms with van der Waals surface area (Å²) in [5, 5.41) is 14.9. The number of ether oxygens (including phenoxy) is 1. The predicted molar refractivity (Wildman–Crippen MR) is 116 cm³/mol. The van der Waals surface area contributed by atoms with E-state index in [1.807, 2.05) is 19.1 Å².